The van der Waals surface area contributed by atoms with Crippen LogP contribution in [-0.4, -0.2) is 24.5 Å². The maximum atomic E-state index is 10.4. The van der Waals surface area contributed by atoms with Crippen molar-refractivity contribution in [3.8, 4) is 0 Å². The number of carbonyl (C=O) groups is 1. The molecule has 0 saturated carbocycles. The van der Waals surface area contributed by atoms with Gasteiger partial charge in [-0.3, -0.25) is 9.80 Å². The second kappa shape index (κ2) is 8.27. The lowest BCUT2D eigenvalue weighted by Crippen LogP contribution is -2.37. The zero-order valence-corrected chi connectivity index (χ0v) is 7.75. The van der Waals surface area contributed by atoms with Crippen molar-refractivity contribution in [1.29, 1.82) is 0 Å². The minimum Gasteiger partial charge on any atom is -0.280 e. The van der Waals surface area contributed by atoms with E-state index in [0.29, 0.717) is 6.54 Å². The van der Waals surface area contributed by atoms with Gasteiger partial charge in [-0.25, -0.2) is 5.43 Å². The van der Waals surface area contributed by atoms with Crippen molar-refractivity contribution >= 4 is 6.41 Å². The molecule has 0 aromatic heterocycles. The van der Waals surface area contributed by atoms with Crippen LogP contribution in [0.5, 0.6) is 0 Å². The van der Waals surface area contributed by atoms with Crippen LogP contribution in [-0.2, 0) is 4.79 Å². The number of carbonyl (C=O) groups excluding carboxylic acids is 1. The van der Waals surface area contributed by atoms with E-state index in [4.69, 9.17) is 0 Å². The molecule has 1 amide bonds. The smallest absolute Gasteiger partial charge is 0.223 e. The Morgan fingerprint density at radius 3 is 2.75 bits per heavy atom. The van der Waals surface area contributed by atoms with Gasteiger partial charge in [-0.2, -0.15) is 0 Å². The number of hydrazine groups is 1. The van der Waals surface area contributed by atoms with Crippen LogP contribution >= 0.6 is 0 Å². The van der Waals surface area contributed by atoms with E-state index in [0.717, 1.165) is 19.4 Å². The highest BCUT2D eigenvalue weighted by molar-refractivity contribution is 5.45. The summed E-state index contributed by atoms with van der Waals surface area (Å²) < 4.78 is 0. The average Bonchev–Trinajstić information content (AvgIpc) is 2.11. The molecule has 0 aromatic rings. The Morgan fingerprint density at radius 1 is 1.50 bits per heavy atom. The quantitative estimate of drug-likeness (QED) is 0.258. The first-order valence-corrected chi connectivity index (χ1v) is 4.41. The Morgan fingerprint density at radius 2 is 2.25 bits per heavy atom. The fourth-order valence-electron chi connectivity index (χ4n) is 0.883. The SMILES string of the molecule is C=CCNN(C=O)CCCCC. The molecule has 0 atom stereocenters. The molecule has 1 N–H and O–H groups in total. The third kappa shape index (κ3) is 5.92. The Hall–Kier alpha value is -0.830. The fourth-order valence-corrected chi connectivity index (χ4v) is 0.883. The summed E-state index contributed by atoms with van der Waals surface area (Å²) in [6.45, 7) is 7.13. The summed E-state index contributed by atoms with van der Waals surface area (Å²) in [5.74, 6) is 0. The van der Waals surface area contributed by atoms with E-state index in [1.807, 2.05) is 0 Å². The molecule has 0 aromatic carbocycles. The van der Waals surface area contributed by atoms with Crippen molar-refractivity contribution in [1.82, 2.24) is 10.4 Å². The molecule has 0 aliphatic heterocycles. The molecule has 12 heavy (non-hydrogen) atoms. The highest BCUT2D eigenvalue weighted by Gasteiger charge is 1.96. The first kappa shape index (κ1) is 11.2. The first-order valence-electron chi connectivity index (χ1n) is 4.41. The zero-order chi connectivity index (χ0) is 9.23. The largest absolute Gasteiger partial charge is 0.280 e. The van der Waals surface area contributed by atoms with Crippen molar-refractivity contribution in [3.63, 3.8) is 0 Å². The number of nitrogens with zero attached hydrogens (tertiary/aromatic N) is 1. The number of amides is 1. The average molecular weight is 170 g/mol. The minimum atomic E-state index is 0.644. The Kier molecular flexibility index (Phi) is 7.70. The van der Waals surface area contributed by atoms with Crippen molar-refractivity contribution < 1.29 is 4.79 Å². The molecule has 3 heteroatoms. The number of hydrogen-bond acceptors (Lipinski definition) is 2. The molecule has 0 saturated heterocycles. The number of rotatable bonds is 8. The summed E-state index contributed by atoms with van der Waals surface area (Å²) in [5, 5.41) is 1.57. The van der Waals surface area contributed by atoms with E-state index in [2.05, 4.69) is 18.9 Å². The molecule has 0 aliphatic carbocycles. The standard InChI is InChI=1S/C9H18N2O/c1-3-5-6-8-11(9-12)10-7-4-2/h4,9-10H,2-3,5-8H2,1H3. The van der Waals surface area contributed by atoms with Gasteiger partial charge in [0.2, 0.25) is 6.41 Å². The normalized spacial score (nSPS) is 9.42. The second-order valence-electron chi connectivity index (χ2n) is 2.66. The molecule has 0 bridgehead atoms. The van der Waals surface area contributed by atoms with E-state index in [1.165, 1.54) is 12.8 Å². The Bertz CT molecular complexity index is 126. The summed E-state index contributed by atoms with van der Waals surface area (Å²) in [5.41, 5.74) is 2.93. The molecule has 0 radical (unpaired) electrons. The lowest BCUT2D eigenvalue weighted by atomic mass is 10.2. The van der Waals surface area contributed by atoms with Crippen LogP contribution in [0, 0.1) is 0 Å². The van der Waals surface area contributed by atoms with Gasteiger partial charge >= 0.3 is 0 Å². The molecule has 0 fully saturated rings. The van der Waals surface area contributed by atoms with Crippen LogP contribution in [0.2, 0.25) is 0 Å². The van der Waals surface area contributed by atoms with Gasteiger partial charge in [0.1, 0.15) is 0 Å². The van der Waals surface area contributed by atoms with E-state index >= 15 is 0 Å². The molecule has 70 valence electrons. The van der Waals surface area contributed by atoms with Gasteiger partial charge in [-0.1, -0.05) is 25.8 Å². The first-order chi connectivity index (χ1) is 5.85. The van der Waals surface area contributed by atoms with Crippen molar-refractivity contribution in [3.05, 3.63) is 12.7 Å². The number of nitrogens with one attached hydrogen (secondary N) is 1. The third-order valence-corrected chi connectivity index (χ3v) is 1.57. The number of hydrogen-bond donors (Lipinski definition) is 1. The highest BCUT2D eigenvalue weighted by atomic mass is 16.1. The Labute approximate surface area is 74.4 Å². The Balaban J connectivity index is 3.38. The van der Waals surface area contributed by atoms with Gasteiger partial charge in [0.15, 0.2) is 0 Å². The van der Waals surface area contributed by atoms with E-state index in [9.17, 15) is 4.79 Å². The summed E-state index contributed by atoms with van der Waals surface area (Å²) in [6, 6.07) is 0. The lowest BCUT2D eigenvalue weighted by molar-refractivity contribution is -0.120. The van der Waals surface area contributed by atoms with Gasteiger partial charge in [0.05, 0.1) is 0 Å². The molecular weight excluding hydrogens is 152 g/mol. The fraction of sp³-hybridized carbons (Fsp3) is 0.667. The van der Waals surface area contributed by atoms with Crippen molar-refractivity contribution in [2.24, 2.45) is 0 Å². The van der Waals surface area contributed by atoms with E-state index in [-0.39, 0.29) is 0 Å². The lowest BCUT2D eigenvalue weighted by Gasteiger charge is -2.16. The van der Waals surface area contributed by atoms with Crippen LogP contribution < -0.4 is 5.43 Å². The van der Waals surface area contributed by atoms with Crippen molar-refractivity contribution in [2.75, 3.05) is 13.1 Å². The molecule has 3 nitrogen and oxygen atoms in total. The highest BCUT2D eigenvalue weighted by Crippen LogP contribution is 1.94. The van der Waals surface area contributed by atoms with Crippen molar-refractivity contribution in [2.45, 2.75) is 26.2 Å². The maximum absolute atomic E-state index is 10.4. The summed E-state index contributed by atoms with van der Waals surface area (Å²) >= 11 is 0. The predicted molar refractivity (Wildman–Crippen MR) is 50.5 cm³/mol. The van der Waals surface area contributed by atoms with Gasteiger partial charge in [0.25, 0.3) is 0 Å². The molecule has 0 unspecified atom stereocenters. The summed E-state index contributed by atoms with van der Waals surface area (Å²) in [6.07, 6.45) is 5.95. The third-order valence-electron chi connectivity index (χ3n) is 1.57. The van der Waals surface area contributed by atoms with E-state index in [1.54, 1.807) is 11.1 Å². The minimum absolute atomic E-state index is 0.644. The van der Waals surface area contributed by atoms with Gasteiger partial charge in [0, 0.05) is 13.1 Å². The van der Waals surface area contributed by atoms with Gasteiger partial charge in [-0.15, -0.1) is 6.58 Å². The zero-order valence-electron chi connectivity index (χ0n) is 7.75. The van der Waals surface area contributed by atoms with Crippen LogP contribution in [0.1, 0.15) is 26.2 Å². The molecule has 0 rings (SSSR count). The molecule has 0 heterocycles. The van der Waals surface area contributed by atoms with Crippen LogP contribution in [0.25, 0.3) is 0 Å². The topological polar surface area (TPSA) is 32.3 Å². The molecule has 0 aliphatic rings. The predicted octanol–water partition coefficient (Wildman–Crippen LogP) is 1.33. The molecular formula is C9H18N2O. The van der Waals surface area contributed by atoms with Gasteiger partial charge < -0.3 is 0 Å². The maximum Gasteiger partial charge on any atom is 0.223 e. The van der Waals surface area contributed by atoms with Crippen LogP contribution in [0.15, 0.2) is 12.7 Å². The molecule has 0 spiro atoms. The summed E-state index contributed by atoms with van der Waals surface area (Å²) in [7, 11) is 0. The van der Waals surface area contributed by atoms with Gasteiger partial charge in [-0.05, 0) is 6.42 Å². The van der Waals surface area contributed by atoms with Crippen LogP contribution in [0.3, 0.4) is 0 Å². The monoisotopic (exact) mass is 170 g/mol. The summed E-state index contributed by atoms with van der Waals surface area (Å²) in [4.78, 5) is 10.4. The van der Waals surface area contributed by atoms with Crippen LogP contribution in [0.4, 0.5) is 0 Å². The van der Waals surface area contributed by atoms with E-state index < -0.39 is 0 Å². The number of unbranched alkanes of at least 4 members (excludes halogenated alkanes) is 2. The second-order valence-corrected chi connectivity index (χ2v) is 2.66.